The number of carbonyl (C=O) groups is 1. The first-order valence-electron chi connectivity index (χ1n) is 9.52. The van der Waals surface area contributed by atoms with Gasteiger partial charge in [-0.25, -0.2) is 9.18 Å². The van der Waals surface area contributed by atoms with Crippen molar-refractivity contribution >= 4 is 5.97 Å². The minimum atomic E-state index is -1.28. The molecule has 3 rings (SSSR count). The molecule has 1 unspecified atom stereocenters. The second-order valence-corrected chi connectivity index (χ2v) is 6.63. The smallest absolute Gasteiger partial charge is 0.344 e. The Morgan fingerprint density at radius 2 is 1.90 bits per heavy atom. The molecular formula is C23H20FN3O4. The number of halogens is 1. The zero-order chi connectivity index (χ0) is 22.4. The van der Waals surface area contributed by atoms with Crippen molar-refractivity contribution < 1.29 is 23.8 Å². The molecule has 0 aliphatic heterocycles. The van der Waals surface area contributed by atoms with Crippen molar-refractivity contribution in [2.45, 2.75) is 26.0 Å². The Balaban J connectivity index is 1.94. The number of carboxylic acids is 1. The summed E-state index contributed by atoms with van der Waals surface area (Å²) in [5, 5.41) is 18.5. The van der Waals surface area contributed by atoms with Crippen molar-refractivity contribution in [3.8, 4) is 34.7 Å². The second kappa shape index (κ2) is 9.69. The maximum atomic E-state index is 14.3. The third-order valence-electron chi connectivity index (χ3n) is 4.47. The minimum absolute atomic E-state index is 0.108. The van der Waals surface area contributed by atoms with E-state index in [4.69, 9.17) is 20.3 Å². The Morgan fingerprint density at radius 3 is 2.55 bits per heavy atom. The number of nitriles is 1. The molecular weight excluding hydrogens is 401 g/mol. The first kappa shape index (κ1) is 21.7. The van der Waals surface area contributed by atoms with Gasteiger partial charge in [0.25, 0.3) is 5.88 Å². The highest BCUT2D eigenvalue weighted by Crippen LogP contribution is 2.31. The van der Waals surface area contributed by atoms with Crippen molar-refractivity contribution in [1.29, 1.82) is 5.26 Å². The molecule has 0 amide bonds. The van der Waals surface area contributed by atoms with Gasteiger partial charge in [-0.15, -0.1) is 0 Å². The molecule has 0 bridgehead atoms. The molecule has 3 aromatic rings. The van der Waals surface area contributed by atoms with Crippen LogP contribution >= 0.6 is 0 Å². The van der Waals surface area contributed by atoms with Gasteiger partial charge < -0.3 is 20.3 Å². The fourth-order valence-corrected chi connectivity index (χ4v) is 2.87. The van der Waals surface area contributed by atoms with Gasteiger partial charge in [0.05, 0.1) is 0 Å². The normalized spacial score (nSPS) is 11.4. The molecule has 31 heavy (non-hydrogen) atoms. The molecule has 1 heterocycles. The van der Waals surface area contributed by atoms with Gasteiger partial charge in [0.1, 0.15) is 17.4 Å². The van der Waals surface area contributed by atoms with Gasteiger partial charge in [-0.2, -0.15) is 10.2 Å². The molecule has 0 fully saturated rings. The number of hydrogen-bond acceptors (Lipinski definition) is 6. The van der Waals surface area contributed by atoms with Crippen LogP contribution in [0.5, 0.6) is 17.5 Å². The Hall–Kier alpha value is -3.96. The van der Waals surface area contributed by atoms with Crippen LogP contribution in [0, 0.1) is 17.1 Å². The number of pyridine rings is 1. The van der Waals surface area contributed by atoms with Crippen LogP contribution in [0.2, 0.25) is 0 Å². The zero-order valence-electron chi connectivity index (χ0n) is 16.7. The fourth-order valence-electron chi connectivity index (χ4n) is 2.87. The maximum absolute atomic E-state index is 14.3. The van der Waals surface area contributed by atoms with E-state index in [1.807, 2.05) is 36.4 Å². The lowest BCUT2D eigenvalue weighted by atomic mass is 10.0. The molecule has 8 heteroatoms. The van der Waals surface area contributed by atoms with Crippen LogP contribution in [0.1, 0.15) is 24.5 Å². The highest BCUT2D eigenvalue weighted by Gasteiger charge is 2.22. The summed E-state index contributed by atoms with van der Waals surface area (Å²) in [5.41, 5.74) is 8.31. The monoisotopic (exact) mass is 421 g/mol. The van der Waals surface area contributed by atoms with Gasteiger partial charge >= 0.3 is 5.97 Å². The van der Waals surface area contributed by atoms with Crippen molar-refractivity contribution in [2.75, 3.05) is 0 Å². The predicted octanol–water partition coefficient (Wildman–Crippen LogP) is 4.25. The summed E-state index contributed by atoms with van der Waals surface area (Å²) in [4.78, 5) is 15.1. The van der Waals surface area contributed by atoms with Crippen molar-refractivity contribution in [3.63, 3.8) is 0 Å². The summed E-state index contributed by atoms with van der Waals surface area (Å²) in [6.45, 7) is 2.00. The van der Waals surface area contributed by atoms with E-state index in [9.17, 15) is 14.4 Å². The van der Waals surface area contributed by atoms with Gasteiger partial charge in [0, 0.05) is 12.6 Å². The number of benzene rings is 2. The predicted molar refractivity (Wildman–Crippen MR) is 111 cm³/mol. The Morgan fingerprint density at radius 1 is 1.19 bits per heavy atom. The lowest BCUT2D eigenvalue weighted by Gasteiger charge is -2.15. The molecule has 0 aliphatic rings. The van der Waals surface area contributed by atoms with Crippen LogP contribution in [0.15, 0.2) is 54.6 Å². The van der Waals surface area contributed by atoms with E-state index >= 15 is 0 Å². The average molecular weight is 421 g/mol. The van der Waals surface area contributed by atoms with E-state index < -0.39 is 23.8 Å². The number of nitrogens with two attached hydrogens (primary N) is 1. The maximum Gasteiger partial charge on any atom is 0.344 e. The standard InChI is InChI=1S/C23H20FN3O4/c1-2-20(23(28)29)31-22-19(24)11-17(13-26)21(27-22)30-18-8-4-7-16(10-18)15-6-3-5-14(9-15)12-25/h3-11,20H,2,12,25H2,1H3,(H,28,29). The summed E-state index contributed by atoms with van der Waals surface area (Å²) in [5.74, 6) is -2.57. The Labute approximate surface area is 178 Å². The van der Waals surface area contributed by atoms with E-state index in [0.717, 1.165) is 22.8 Å². The van der Waals surface area contributed by atoms with Gasteiger partial charge in [-0.3, -0.25) is 0 Å². The summed E-state index contributed by atoms with van der Waals surface area (Å²) in [7, 11) is 0. The minimum Gasteiger partial charge on any atom is -0.479 e. The van der Waals surface area contributed by atoms with E-state index in [1.54, 1.807) is 25.1 Å². The average Bonchev–Trinajstić information content (AvgIpc) is 2.79. The molecule has 0 saturated heterocycles. The number of ether oxygens (including phenoxy) is 2. The summed E-state index contributed by atoms with van der Waals surface area (Å²) in [6, 6.07) is 17.5. The number of carboxylic acid groups (broad SMARTS) is 1. The largest absolute Gasteiger partial charge is 0.479 e. The van der Waals surface area contributed by atoms with E-state index in [2.05, 4.69) is 4.98 Å². The number of nitrogens with zero attached hydrogens (tertiary/aromatic N) is 2. The van der Waals surface area contributed by atoms with Crippen molar-refractivity contribution in [3.05, 3.63) is 71.5 Å². The summed E-state index contributed by atoms with van der Waals surface area (Å²) < 4.78 is 25.2. The molecule has 0 saturated carbocycles. The van der Waals surface area contributed by atoms with Gasteiger partial charge in [0.15, 0.2) is 11.9 Å². The van der Waals surface area contributed by atoms with Crippen LogP contribution in [-0.2, 0) is 11.3 Å². The first-order chi connectivity index (χ1) is 14.9. The van der Waals surface area contributed by atoms with Crippen molar-refractivity contribution in [2.24, 2.45) is 5.73 Å². The van der Waals surface area contributed by atoms with Gasteiger partial charge in [-0.05, 0) is 41.3 Å². The quantitative estimate of drug-likeness (QED) is 0.558. The molecule has 0 radical (unpaired) electrons. The highest BCUT2D eigenvalue weighted by atomic mass is 19.1. The summed E-state index contributed by atoms with van der Waals surface area (Å²) >= 11 is 0. The van der Waals surface area contributed by atoms with E-state index in [-0.39, 0.29) is 17.9 Å². The molecule has 1 atom stereocenters. The zero-order valence-corrected chi connectivity index (χ0v) is 16.7. The van der Waals surface area contributed by atoms with Crippen LogP contribution in [0.4, 0.5) is 4.39 Å². The molecule has 3 N–H and O–H groups in total. The van der Waals surface area contributed by atoms with Crippen LogP contribution in [-0.4, -0.2) is 22.2 Å². The SMILES string of the molecule is CCC(Oc1nc(Oc2cccc(-c3cccc(CN)c3)c2)c(C#N)cc1F)C(=O)O. The lowest BCUT2D eigenvalue weighted by Crippen LogP contribution is -2.26. The number of rotatable bonds is 8. The fraction of sp³-hybridized carbons (Fsp3) is 0.174. The van der Waals surface area contributed by atoms with Crippen LogP contribution < -0.4 is 15.2 Å². The van der Waals surface area contributed by atoms with Crippen LogP contribution in [0.25, 0.3) is 11.1 Å². The Kier molecular flexibility index (Phi) is 6.80. The van der Waals surface area contributed by atoms with Crippen LogP contribution in [0.3, 0.4) is 0 Å². The molecule has 7 nitrogen and oxygen atoms in total. The highest BCUT2D eigenvalue weighted by molar-refractivity contribution is 5.72. The van der Waals surface area contributed by atoms with Gasteiger partial charge in [0.2, 0.25) is 5.88 Å². The number of aliphatic carboxylic acids is 1. The van der Waals surface area contributed by atoms with E-state index in [1.165, 1.54) is 0 Å². The second-order valence-electron chi connectivity index (χ2n) is 6.63. The van der Waals surface area contributed by atoms with Gasteiger partial charge in [-0.1, -0.05) is 37.3 Å². The molecule has 0 aliphatic carbocycles. The third-order valence-corrected chi connectivity index (χ3v) is 4.47. The molecule has 158 valence electrons. The lowest BCUT2D eigenvalue weighted by molar-refractivity contribution is -0.145. The summed E-state index contributed by atoms with van der Waals surface area (Å²) in [6.07, 6.45) is -1.17. The number of aromatic nitrogens is 1. The van der Waals surface area contributed by atoms with Crippen molar-refractivity contribution in [1.82, 2.24) is 4.98 Å². The third kappa shape index (κ3) is 5.15. The molecule has 1 aromatic heterocycles. The molecule has 2 aromatic carbocycles. The topological polar surface area (TPSA) is 118 Å². The first-order valence-corrected chi connectivity index (χ1v) is 9.52. The molecule has 0 spiro atoms. The Bertz CT molecular complexity index is 1140. The number of hydrogen-bond donors (Lipinski definition) is 2. The van der Waals surface area contributed by atoms with E-state index in [0.29, 0.717) is 12.3 Å².